The number of aliphatic hydroxyl groups is 1. The molecule has 19 heavy (non-hydrogen) atoms. The maximum absolute atomic E-state index is 12.5. The molecule has 0 bridgehead atoms. The summed E-state index contributed by atoms with van der Waals surface area (Å²) >= 11 is 0. The Bertz CT molecular complexity index is 344. The summed E-state index contributed by atoms with van der Waals surface area (Å²) in [6.07, 6.45) is 5.01. The number of hydrogen-bond donors (Lipinski definition) is 2. The molecule has 1 heterocycles. The summed E-state index contributed by atoms with van der Waals surface area (Å²) in [5.41, 5.74) is 0. The van der Waals surface area contributed by atoms with Crippen LogP contribution in [-0.4, -0.2) is 46.7 Å². The lowest BCUT2D eigenvalue weighted by molar-refractivity contribution is -0.153. The van der Waals surface area contributed by atoms with Gasteiger partial charge in [0.2, 0.25) is 5.91 Å². The Labute approximate surface area is 113 Å². The zero-order valence-corrected chi connectivity index (χ0v) is 11.3. The van der Waals surface area contributed by atoms with E-state index in [4.69, 9.17) is 0 Å². The Hall–Kier alpha value is -1.10. The number of likely N-dealkylation sites (tertiary alicyclic amines) is 1. The van der Waals surface area contributed by atoms with Gasteiger partial charge in [-0.3, -0.25) is 9.59 Å². The molecule has 0 aromatic rings. The molecule has 2 rings (SSSR count). The molecule has 0 spiro atoms. The zero-order valence-electron chi connectivity index (χ0n) is 11.3. The third kappa shape index (κ3) is 3.26. The van der Waals surface area contributed by atoms with Crippen LogP contribution in [0.25, 0.3) is 0 Å². The minimum absolute atomic E-state index is 0.00903. The van der Waals surface area contributed by atoms with E-state index in [0.29, 0.717) is 25.9 Å². The number of nitrogens with zero attached hydrogens (tertiary/aromatic N) is 1. The van der Waals surface area contributed by atoms with Crippen LogP contribution >= 0.6 is 0 Å². The molecule has 2 aliphatic rings. The highest BCUT2D eigenvalue weighted by Crippen LogP contribution is 2.32. The van der Waals surface area contributed by atoms with Gasteiger partial charge in [0.05, 0.1) is 11.8 Å². The lowest BCUT2D eigenvalue weighted by atomic mass is 9.78. The van der Waals surface area contributed by atoms with Gasteiger partial charge < -0.3 is 15.1 Å². The standard InChI is InChI=1S/C14H23NO4/c16-9-10-4-3-7-15(8-10)13(17)11-5-1-2-6-12(11)14(18)19/h10-12,16H,1-9H2,(H,18,19)/t10?,11-,12+/m1/s1. The molecule has 1 aliphatic carbocycles. The van der Waals surface area contributed by atoms with Crippen LogP contribution in [0.2, 0.25) is 0 Å². The fourth-order valence-electron chi connectivity index (χ4n) is 3.37. The van der Waals surface area contributed by atoms with E-state index < -0.39 is 11.9 Å². The topological polar surface area (TPSA) is 77.8 Å². The molecule has 1 saturated heterocycles. The minimum atomic E-state index is -0.839. The molecular weight excluding hydrogens is 246 g/mol. The van der Waals surface area contributed by atoms with Gasteiger partial charge in [-0.25, -0.2) is 0 Å². The lowest BCUT2D eigenvalue weighted by Crippen LogP contribution is -2.47. The average molecular weight is 269 g/mol. The maximum atomic E-state index is 12.5. The molecule has 5 nitrogen and oxygen atoms in total. The highest BCUT2D eigenvalue weighted by Gasteiger charge is 2.38. The zero-order chi connectivity index (χ0) is 13.8. The van der Waals surface area contributed by atoms with Crippen LogP contribution < -0.4 is 0 Å². The first-order valence-corrected chi connectivity index (χ1v) is 7.26. The number of carboxylic acid groups (broad SMARTS) is 1. The number of hydrogen-bond acceptors (Lipinski definition) is 3. The Morgan fingerprint density at radius 3 is 2.37 bits per heavy atom. The minimum Gasteiger partial charge on any atom is -0.481 e. The average Bonchev–Trinajstić information content (AvgIpc) is 2.46. The summed E-state index contributed by atoms with van der Waals surface area (Å²) in [5.74, 6) is -1.57. The van der Waals surface area contributed by atoms with E-state index in [-0.39, 0.29) is 24.3 Å². The van der Waals surface area contributed by atoms with Crippen LogP contribution in [0.3, 0.4) is 0 Å². The molecule has 3 atom stereocenters. The van der Waals surface area contributed by atoms with Crippen molar-refractivity contribution in [1.82, 2.24) is 4.90 Å². The number of rotatable bonds is 3. The molecule has 0 radical (unpaired) electrons. The summed E-state index contributed by atoms with van der Waals surface area (Å²) < 4.78 is 0. The molecule has 2 N–H and O–H groups in total. The van der Waals surface area contributed by atoms with Crippen molar-refractivity contribution in [2.45, 2.75) is 38.5 Å². The lowest BCUT2D eigenvalue weighted by Gasteiger charge is -2.37. The fraction of sp³-hybridized carbons (Fsp3) is 0.857. The normalized spacial score (nSPS) is 32.1. The Morgan fingerprint density at radius 1 is 1.05 bits per heavy atom. The van der Waals surface area contributed by atoms with Crippen LogP contribution in [0.4, 0.5) is 0 Å². The highest BCUT2D eigenvalue weighted by atomic mass is 16.4. The number of carbonyl (C=O) groups is 2. The van der Waals surface area contributed by atoms with Gasteiger partial charge >= 0.3 is 5.97 Å². The quantitative estimate of drug-likeness (QED) is 0.804. The second-order valence-corrected chi connectivity index (χ2v) is 5.81. The predicted molar refractivity (Wildman–Crippen MR) is 69.5 cm³/mol. The van der Waals surface area contributed by atoms with Crippen molar-refractivity contribution >= 4 is 11.9 Å². The van der Waals surface area contributed by atoms with Crippen LogP contribution in [0.1, 0.15) is 38.5 Å². The van der Waals surface area contributed by atoms with Crippen molar-refractivity contribution in [1.29, 1.82) is 0 Å². The fourth-order valence-corrected chi connectivity index (χ4v) is 3.37. The smallest absolute Gasteiger partial charge is 0.307 e. The third-order valence-corrected chi connectivity index (χ3v) is 4.49. The van der Waals surface area contributed by atoms with Gasteiger partial charge in [0.15, 0.2) is 0 Å². The van der Waals surface area contributed by atoms with Gasteiger partial charge in [0.1, 0.15) is 0 Å². The van der Waals surface area contributed by atoms with Crippen molar-refractivity contribution in [2.75, 3.05) is 19.7 Å². The first-order valence-electron chi connectivity index (χ1n) is 7.26. The van der Waals surface area contributed by atoms with Gasteiger partial charge in [0.25, 0.3) is 0 Å². The van der Waals surface area contributed by atoms with Crippen molar-refractivity contribution in [3.63, 3.8) is 0 Å². The van der Waals surface area contributed by atoms with E-state index in [9.17, 15) is 19.8 Å². The summed E-state index contributed by atoms with van der Waals surface area (Å²) in [7, 11) is 0. The van der Waals surface area contributed by atoms with Crippen LogP contribution in [0, 0.1) is 17.8 Å². The van der Waals surface area contributed by atoms with Crippen LogP contribution in [0.15, 0.2) is 0 Å². The summed E-state index contributed by atoms with van der Waals surface area (Å²) in [6, 6.07) is 0. The maximum Gasteiger partial charge on any atom is 0.307 e. The van der Waals surface area contributed by atoms with Gasteiger partial charge in [-0.15, -0.1) is 0 Å². The van der Waals surface area contributed by atoms with E-state index in [1.54, 1.807) is 4.90 Å². The van der Waals surface area contributed by atoms with Gasteiger partial charge in [-0.1, -0.05) is 12.8 Å². The van der Waals surface area contributed by atoms with Crippen molar-refractivity contribution in [3.05, 3.63) is 0 Å². The molecule has 1 amide bonds. The highest BCUT2D eigenvalue weighted by molar-refractivity contribution is 5.85. The molecule has 0 aromatic heterocycles. The number of carboxylic acids is 1. The van der Waals surface area contributed by atoms with Gasteiger partial charge in [-0.2, -0.15) is 0 Å². The molecular formula is C14H23NO4. The van der Waals surface area contributed by atoms with E-state index in [2.05, 4.69) is 0 Å². The number of aliphatic carboxylic acids is 1. The van der Waals surface area contributed by atoms with Crippen molar-refractivity contribution in [3.8, 4) is 0 Å². The molecule has 1 aliphatic heterocycles. The second kappa shape index (κ2) is 6.37. The Kier molecular flexibility index (Phi) is 4.80. The SMILES string of the molecule is O=C(O)[C@H]1CCCC[C@H]1C(=O)N1CCCC(CO)C1. The van der Waals surface area contributed by atoms with E-state index in [1.807, 2.05) is 0 Å². The predicted octanol–water partition coefficient (Wildman–Crippen LogP) is 1.11. The Balaban J connectivity index is 2.02. The molecule has 108 valence electrons. The number of amides is 1. The van der Waals surface area contributed by atoms with E-state index in [0.717, 1.165) is 25.7 Å². The van der Waals surface area contributed by atoms with Crippen LogP contribution in [-0.2, 0) is 9.59 Å². The van der Waals surface area contributed by atoms with E-state index >= 15 is 0 Å². The number of piperidine rings is 1. The first kappa shape index (κ1) is 14.3. The first-order chi connectivity index (χ1) is 9.13. The summed E-state index contributed by atoms with van der Waals surface area (Å²) in [4.78, 5) is 25.5. The molecule has 0 aromatic carbocycles. The van der Waals surface area contributed by atoms with Crippen molar-refractivity contribution < 1.29 is 19.8 Å². The summed E-state index contributed by atoms with van der Waals surface area (Å²) in [5, 5.41) is 18.5. The Morgan fingerprint density at radius 2 is 1.74 bits per heavy atom. The van der Waals surface area contributed by atoms with Crippen LogP contribution in [0.5, 0.6) is 0 Å². The number of aliphatic hydroxyl groups excluding tert-OH is 1. The second-order valence-electron chi connectivity index (χ2n) is 5.81. The van der Waals surface area contributed by atoms with Gasteiger partial charge in [-0.05, 0) is 31.6 Å². The van der Waals surface area contributed by atoms with Gasteiger partial charge in [0, 0.05) is 19.7 Å². The van der Waals surface area contributed by atoms with Crippen molar-refractivity contribution in [2.24, 2.45) is 17.8 Å². The largest absolute Gasteiger partial charge is 0.481 e. The third-order valence-electron chi connectivity index (χ3n) is 4.49. The molecule has 1 saturated carbocycles. The molecule has 5 heteroatoms. The number of carbonyl (C=O) groups excluding carboxylic acids is 1. The monoisotopic (exact) mass is 269 g/mol. The summed E-state index contributed by atoms with van der Waals surface area (Å²) in [6.45, 7) is 1.40. The van der Waals surface area contributed by atoms with E-state index in [1.165, 1.54) is 0 Å². The molecule has 2 fully saturated rings. The molecule has 1 unspecified atom stereocenters.